The summed E-state index contributed by atoms with van der Waals surface area (Å²) in [7, 11) is -4.77. The third kappa shape index (κ3) is 4.21. The molecule has 2 aromatic heterocycles. The monoisotopic (exact) mass is 434 g/mol. The van der Waals surface area contributed by atoms with Gasteiger partial charge in [-0.15, -0.1) is 11.3 Å². The van der Waals surface area contributed by atoms with Gasteiger partial charge in [0.2, 0.25) is 5.78 Å². The number of aromatic nitrogens is 2. The molecule has 0 aliphatic heterocycles. The van der Waals surface area contributed by atoms with Crippen LogP contribution in [0.5, 0.6) is 0 Å². The van der Waals surface area contributed by atoms with Crippen LogP contribution >= 0.6 is 19.2 Å². The highest BCUT2D eigenvalue weighted by Gasteiger charge is 2.41. The molecule has 0 fully saturated rings. The normalized spacial score (nSPS) is 12.5. The van der Waals surface area contributed by atoms with Crippen LogP contribution in [-0.2, 0) is 15.8 Å². The van der Waals surface area contributed by atoms with Crippen molar-refractivity contribution in [2.24, 2.45) is 0 Å². The smallest absolute Gasteiger partial charge is 0.322 e. The van der Waals surface area contributed by atoms with Gasteiger partial charge in [-0.05, 0) is 6.07 Å². The fraction of sp³-hybridized carbons (Fsp3) is 0.133. The second-order valence-corrected chi connectivity index (χ2v) is 7.57. The topological polar surface area (TPSA) is 119 Å². The zero-order chi connectivity index (χ0) is 20.7. The lowest BCUT2D eigenvalue weighted by Crippen LogP contribution is -2.23. The zero-order valence-corrected chi connectivity index (χ0v) is 15.3. The van der Waals surface area contributed by atoms with Crippen molar-refractivity contribution in [3.8, 4) is 0 Å². The summed E-state index contributed by atoms with van der Waals surface area (Å²) >= 11 is 0.586. The number of para-hydroxylation sites is 1. The Morgan fingerprint density at radius 2 is 1.93 bits per heavy atom. The van der Waals surface area contributed by atoms with E-state index in [4.69, 9.17) is 9.79 Å². The number of carbonyl (C=O) groups is 2. The van der Waals surface area contributed by atoms with Gasteiger partial charge in [0.05, 0.1) is 11.1 Å². The molecule has 2 N–H and O–H groups in total. The molecular formula is C15H10F3N2O6PS. The zero-order valence-electron chi connectivity index (χ0n) is 13.6. The van der Waals surface area contributed by atoms with Gasteiger partial charge < -0.3 is 14.4 Å². The largest absolute Gasteiger partial charge is 0.471 e. The number of hydrogen-bond donors (Lipinski definition) is 2. The average Bonchev–Trinajstić information content (AvgIpc) is 3.22. The predicted octanol–water partition coefficient (Wildman–Crippen LogP) is 3.14. The van der Waals surface area contributed by atoms with Crippen LogP contribution in [-0.4, -0.2) is 37.1 Å². The molecule has 148 valence electrons. The van der Waals surface area contributed by atoms with E-state index in [-0.39, 0.29) is 10.6 Å². The lowest BCUT2D eigenvalue weighted by atomic mass is 10.1. The number of thiazole rings is 1. The molecule has 0 spiro atoms. The van der Waals surface area contributed by atoms with E-state index in [0.29, 0.717) is 22.2 Å². The van der Waals surface area contributed by atoms with Gasteiger partial charge in [-0.25, -0.2) is 9.55 Å². The van der Waals surface area contributed by atoms with E-state index in [2.05, 4.69) is 9.51 Å². The fourth-order valence-corrected chi connectivity index (χ4v) is 3.44. The molecule has 0 aliphatic carbocycles. The molecule has 0 saturated heterocycles. The van der Waals surface area contributed by atoms with Crippen LogP contribution in [0, 0.1) is 0 Å². The minimum absolute atomic E-state index is 0.0327. The van der Waals surface area contributed by atoms with Gasteiger partial charge in [-0.2, -0.15) is 13.2 Å². The summed E-state index contributed by atoms with van der Waals surface area (Å²) in [4.78, 5) is 45.1. The number of Topliss-reactive ketones (excluding diaryl/α,β-unsaturated/α-hetero) is 1. The first-order valence-corrected chi connectivity index (χ1v) is 9.78. The van der Waals surface area contributed by atoms with Crippen LogP contribution in [0.4, 0.5) is 13.2 Å². The van der Waals surface area contributed by atoms with Crippen molar-refractivity contribution in [3.63, 3.8) is 0 Å². The number of alkyl halides is 3. The van der Waals surface area contributed by atoms with Gasteiger partial charge in [0.25, 0.3) is 5.78 Å². The Labute approximate surface area is 158 Å². The molecule has 8 nitrogen and oxygen atoms in total. The Balaban J connectivity index is 1.98. The molecule has 0 saturated carbocycles. The number of rotatable bonds is 6. The molecule has 3 aromatic rings. The number of carbonyl (C=O) groups excluding carboxylic acids is 2. The number of hydrogen-bond acceptors (Lipinski definition) is 6. The van der Waals surface area contributed by atoms with E-state index in [0.717, 1.165) is 5.38 Å². The molecule has 0 unspecified atom stereocenters. The van der Waals surface area contributed by atoms with E-state index >= 15 is 0 Å². The molecule has 0 atom stereocenters. The summed E-state index contributed by atoms with van der Waals surface area (Å²) in [5.74, 6) is -2.89. The summed E-state index contributed by atoms with van der Waals surface area (Å²) in [6.45, 7) is -0.562. The number of fused-ring (bicyclic) bond motifs is 1. The van der Waals surface area contributed by atoms with E-state index < -0.39 is 38.0 Å². The summed E-state index contributed by atoms with van der Waals surface area (Å²) in [6, 6.07) is 6.34. The van der Waals surface area contributed by atoms with Gasteiger partial charge in [0, 0.05) is 17.0 Å². The third-order valence-electron chi connectivity index (χ3n) is 3.59. The summed E-state index contributed by atoms with van der Waals surface area (Å²) in [5, 5.41) is 0.895. The molecule has 0 bridgehead atoms. The van der Waals surface area contributed by atoms with Gasteiger partial charge >= 0.3 is 14.0 Å². The Morgan fingerprint density at radius 1 is 1.25 bits per heavy atom. The van der Waals surface area contributed by atoms with E-state index in [9.17, 15) is 27.3 Å². The first kappa shape index (κ1) is 20.4. The van der Waals surface area contributed by atoms with Crippen molar-refractivity contribution in [1.29, 1.82) is 0 Å². The molecule has 3 rings (SSSR count). The molecule has 0 radical (unpaired) electrons. The minimum Gasteiger partial charge on any atom is -0.322 e. The van der Waals surface area contributed by atoms with Crippen LogP contribution in [0.3, 0.4) is 0 Å². The Kier molecular flexibility index (Phi) is 5.26. The number of phosphoric acid groups is 1. The molecule has 0 amide bonds. The summed E-state index contributed by atoms with van der Waals surface area (Å²) in [5.41, 5.74) is -0.442. The van der Waals surface area contributed by atoms with Gasteiger partial charge in [0.15, 0.2) is 5.01 Å². The molecule has 13 heteroatoms. The molecule has 1 aromatic carbocycles. The Morgan fingerprint density at radius 3 is 2.57 bits per heavy atom. The highest BCUT2D eigenvalue weighted by atomic mass is 32.1. The first-order valence-electron chi connectivity index (χ1n) is 7.37. The summed E-state index contributed by atoms with van der Waals surface area (Å²) < 4.78 is 54.1. The van der Waals surface area contributed by atoms with Crippen molar-refractivity contribution in [2.75, 3.05) is 0 Å². The second kappa shape index (κ2) is 7.22. The SMILES string of the molecule is O=C(c1nc(C(=O)C(F)(F)F)cs1)c1cn(COP(=O)(O)O)c2ccccc12. The van der Waals surface area contributed by atoms with E-state index in [1.807, 2.05) is 0 Å². The number of halogens is 3. The van der Waals surface area contributed by atoms with Crippen molar-refractivity contribution >= 4 is 41.6 Å². The van der Waals surface area contributed by atoms with Crippen LogP contribution < -0.4 is 0 Å². The van der Waals surface area contributed by atoms with E-state index in [1.165, 1.54) is 10.8 Å². The van der Waals surface area contributed by atoms with Gasteiger partial charge in [-0.1, -0.05) is 18.2 Å². The standard InChI is InChI=1S/C15H10F3N2O6PS/c16-15(17,18)13(22)10-6-28-14(19-10)12(21)9-5-20(7-26-27(23,24)25)11-4-2-1-3-8(9)11/h1-6H,7H2,(H2,23,24,25). The minimum atomic E-state index is -5.11. The number of phosphoric ester groups is 1. The fourth-order valence-electron chi connectivity index (χ4n) is 2.41. The Bertz CT molecular complexity index is 1120. The summed E-state index contributed by atoms with van der Waals surface area (Å²) in [6.07, 6.45) is -3.86. The molecule has 2 heterocycles. The van der Waals surface area contributed by atoms with Crippen LogP contribution in [0.1, 0.15) is 25.9 Å². The Hall–Kier alpha value is -2.37. The molecule has 28 heavy (non-hydrogen) atoms. The average molecular weight is 434 g/mol. The van der Waals surface area contributed by atoms with Crippen molar-refractivity contribution in [2.45, 2.75) is 12.9 Å². The molecular weight excluding hydrogens is 424 g/mol. The maximum Gasteiger partial charge on any atom is 0.471 e. The maximum atomic E-state index is 12.7. The lowest BCUT2D eigenvalue weighted by Gasteiger charge is -2.07. The van der Waals surface area contributed by atoms with Crippen LogP contribution in [0.15, 0.2) is 35.8 Å². The highest BCUT2D eigenvalue weighted by Crippen LogP contribution is 2.37. The van der Waals surface area contributed by atoms with Crippen molar-refractivity contribution in [1.82, 2.24) is 9.55 Å². The van der Waals surface area contributed by atoms with E-state index in [1.54, 1.807) is 24.3 Å². The number of benzene rings is 1. The third-order valence-corrected chi connectivity index (χ3v) is 4.88. The van der Waals surface area contributed by atoms with Crippen LogP contribution in [0.2, 0.25) is 0 Å². The van der Waals surface area contributed by atoms with Crippen LogP contribution in [0.25, 0.3) is 10.9 Å². The number of ketones is 2. The lowest BCUT2D eigenvalue weighted by molar-refractivity contribution is -0.0887. The van der Waals surface area contributed by atoms with Gasteiger partial charge in [0.1, 0.15) is 12.4 Å². The molecule has 0 aliphatic rings. The second-order valence-electron chi connectivity index (χ2n) is 5.47. The number of nitrogens with zero attached hydrogens (tertiary/aromatic N) is 2. The van der Waals surface area contributed by atoms with Gasteiger partial charge in [-0.3, -0.25) is 14.1 Å². The quantitative estimate of drug-likeness (QED) is 0.452. The first-order chi connectivity index (χ1) is 13.0. The van der Waals surface area contributed by atoms with Crippen molar-refractivity contribution in [3.05, 3.63) is 52.1 Å². The maximum absolute atomic E-state index is 12.7. The van der Waals surface area contributed by atoms with Crippen molar-refractivity contribution < 1.29 is 41.6 Å². The highest BCUT2D eigenvalue weighted by molar-refractivity contribution is 7.46. The predicted molar refractivity (Wildman–Crippen MR) is 91.0 cm³/mol.